The van der Waals surface area contributed by atoms with Crippen molar-refractivity contribution in [2.45, 2.75) is 83.5 Å². The van der Waals surface area contributed by atoms with Crippen molar-refractivity contribution in [3.63, 3.8) is 0 Å². The molecular weight excluding hydrogens is 308 g/mol. The Bertz CT molecular complexity index is 562. The summed E-state index contributed by atoms with van der Waals surface area (Å²) in [7, 11) is -1.97. The number of hydrogen-bond donors (Lipinski definition) is 0. The molecule has 1 aliphatic rings. The molecule has 0 unspecified atom stereocenters. The molecule has 2 heteroatoms. The Kier molecular flexibility index (Phi) is 5.24. The molecule has 24 heavy (non-hydrogen) atoms. The molecular formula is C22H36OSi. The number of rotatable bonds is 3. The van der Waals surface area contributed by atoms with E-state index in [0.717, 1.165) is 6.42 Å². The minimum atomic E-state index is -1.97. The summed E-state index contributed by atoms with van der Waals surface area (Å²) in [6, 6.07) is 10.6. The average Bonchev–Trinajstić information content (AvgIpc) is 2.73. The lowest BCUT2D eigenvalue weighted by molar-refractivity contribution is 0.171. The molecule has 1 fully saturated rings. The van der Waals surface area contributed by atoms with E-state index in [1.54, 1.807) is 0 Å². The molecule has 1 saturated heterocycles. The van der Waals surface area contributed by atoms with E-state index in [4.69, 9.17) is 4.43 Å². The molecule has 1 aliphatic heterocycles. The predicted molar refractivity (Wildman–Crippen MR) is 109 cm³/mol. The van der Waals surface area contributed by atoms with Crippen molar-refractivity contribution in [3.8, 4) is 0 Å². The van der Waals surface area contributed by atoms with Gasteiger partial charge in [0.25, 0.3) is 0 Å². The van der Waals surface area contributed by atoms with Crippen LogP contribution in [-0.4, -0.2) is 14.4 Å². The van der Waals surface area contributed by atoms with Gasteiger partial charge in [-0.25, -0.2) is 0 Å². The number of hydrogen-bond acceptors (Lipinski definition) is 1. The van der Waals surface area contributed by atoms with Crippen molar-refractivity contribution < 1.29 is 4.43 Å². The lowest BCUT2D eigenvalue weighted by atomic mass is 9.93. The summed E-state index contributed by atoms with van der Waals surface area (Å²) in [6.07, 6.45) is 1.23. The predicted octanol–water partition coefficient (Wildman–Crippen LogP) is 7.06. The third-order valence-corrected chi connectivity index (χ3v) is 13.2. The number of benzene rings is 1. The Morgan fingerprint density at radius 3 is 1.92 bits per heavy atom. The van der Waals surface area contributed by atoms with E-state index in [2.05, 4.69) is 92.3 Å². The van der Waals surface area contributed by atoms with Crippen molar-refractivity contribution in [3.05, 3.63) is 42.5 Å². The highest BCUT2D eigenvalue weighted by Crippen LogP contribution is 2.64. The van der Waals surface area contributed by atoms with Gasteiger partial charge in [0.1, 0.15) is 0 Å². The molecule has 1 nitrogen and oxygen atoms in total. The first-order valence-electron chi connectivity index (χ1n) is 9.33. The van der Waals surface area contributed by atoms with Gasteiger partial charge in [0.15, 0.2) is 0 Å². The van der Waals surface area contributed by atoms with Crippen LogP contribution in [0.2, 0.25) is 15.6 Å². The smallest absolute Gasteiger partial charge is 0.206 e. The monoisotopic (exact) mass is 344 g/mol. The minimum Gasteiger partial charge on any atom is -0.412 e. The molecule has 2 rings (SSSR count). The lowest BCUT2D eigenvalue weighted by Crippen LogP contribution is -2.55. The van der Waals surface area contributed by atoms with E-state index in [9.17, 15) is 0 Å². The SMILES string of the molecule is C=C(C[C@H]1O[Si](C(C)(C)C)(C(C)(C)C)[C@H](C)[C@@H]1C)c1ccccc1. The van der Waals surface area contributed by atoms with Crippen LogP contribution >= 0.6 is 0 Å². The zero-order valence-corrected chi connectivity index (χ0v) is 17.9. The van der Waals surface area contributed by atoms with Crippen LogP contribution in [0.25, 0.3) is 5.57 Å². The molecule has 0 N–H and O–H groups in total. The fourth-order valence-electron chi connectivity index (χ4n) is 5.25. The van der Waals surface area contributed by atoms with E-state index in [1.807, 2.05) is 0 Å². The third-order valence-electron chi connectivity index (χ3n) is 6.21. The molecule has 1 aromatic rings. The minimum absolute atomic E-state index is 0.224. The van der Waals surface area contributed by atoms with E-state index in [1.165, 1.54) is 11.1 Å². The average molecular weight is 345 g/mol. The second kappa shape index (κ2) is 6.46. The van der Waals surface area contributed by atoms with Gasteiger partial charge in [-0.3, -0.25) is 0 Å². The van der Waals surface area contributed by atoms with Crippen molar-refractivity contribution in [2.75, 3.05) is 0 Å². The molecule has 0 aliphatic carbocycles. The van der Waals surface area contributed by atoms with Gasteiger partial charge in [-0.05, 0) is 39.1 Å². The maximum absolute atomic E-state index is 7.07. The van der Waals surface area contributed by atoms with Crippen LogP contribution in [0.3, 0.4) is 0 Å². The lowest BCUT2D eigenvalue weighted by Gasteiger charge is -2.51. The summed E-state index contributed by atoms with van der Waals surface area (Å²) in [4.78, 5) is 0. The largest absolute Gasteiger partial charge is 0.412 e. The Hall–Kier alpha value is -0.863. The maximum Gasteiger partial charge on any atom is 0.206 e. The summed E-state index contributed by atoms with van der Waals surface area (Å²) >= 11 is 0. The first-order valence-corrected chi connectivity index (χ1v) is 11.3. The van der Waals surface area contributed by atoms with Gasteiger partial charge >= 0.3 is 0 Å². The van der Waals surface area contributed by atoms with Crippen molar-refractivity contribution >= 4 is 13.9 Å². The molecule has 0 aromatic heterocycles. The summed E-state index contributed by atoms with van der Waals surface area (Å²) in [5, 5.41) is 0.448. The quantitative estimate of drug-likeness (QED) is 0.533. The van der Waals surface area contributed by atoms with Crippen LogP contribution in [0.1, 0.15) is 67.4 Å². The fraction of sp³-hybridized carbons (Fsp3) is 0.636. The van der Waals surface area contributed by atoms with Crippen LogP contribution in [0.4, 0.5) is 0 Å². The molecule has 0 bridgehead atoms. The first kappa shape index (κ1) is 19.5. The summed E-state index contributed by atoms with van der Waals surface area (Å²) in [5.41, 5.74) is 3.09. The van der Waals surface area contributed by atoms with Gasteiger partial charge in [-0.15, -0.1) is 0 Å². The highest BCUT2D eigenvalue weighted by Gasteiger charge is 2.64. The molecule has 134 valence electrons. The van der Waals surface area contributed by atoms with Gasteiger partial charge in [0, 0.05) is 0 Å². The van der Waals surface area contributed by atoms with Crippen LogP contribution in [0.5, 0.6) is 0 Å². The van der Waals surface area contributed by atoms with Gasteiger partial charge in [-0.1, -0.05) is 92.3 Å². The standard InChI is InChI=1S/C22H36OSi/c1-16(19-13-11-10-12-14-19)15-20-17(2)18(3)24(23-20,21(4,5)6)22(7,8)9/h10-14,17-18,20H,1,15H2,2-9H3/t17-,18+,20+/m0/s1. The van der Waals surface area contributed by atoms with Gasteiger partial charge in [-0.2, -0.15) is 0 Å². The Morgan fingerprint density at radius 2 is 1.50 bits per heavy atom. The normalized spacial score (nSPS) is 27.2. The third kappa shape index (κ3) is 3.15. The highest BCUT2D eigenvalue weighted by molar-refractivity contribution is 6.81. The second-order valence-corrected chi connectivity index (χ2v) is 15.3. The van der Waals surface area contributed by atoms with E-state index in [-0.39, 0.29) is 16.2 Å². The van der Waals surface area contributed by atoms with Crippen molar-refractivity contribution in [1.82, 2.24) is 0 Å². The van der Waals surface area contributed by atoms with Crippen LogP contribution < -0.4 is 0 Å². The molecule has 1 aromatic carbocycles. The van der Waals surface area contributed by atoms with Gasteiger partial charge in [0.05, 0.1) is 6.10 Å². The van der Waals surface area contributed by atoms with Gasteiger partial charge in [0.2, 0.25) is 8.32 Å². The fourth-order valence-corrected chi connectivity index (χ4v) is 12.9. The molecule has 1 heterocycles. The zero-order chi connectivity index (χ0) is 18.3. The Balaban J connectivity index is 2.31. The van der Waals surface area contributed by atoms with E-state index < -0.39 is 8.32 Å². The van der Waals surface area contributed by atoms with Crippen molar-refractivity contribution in [1.29, 1.82) is 0 Å². The summed E-state index contributed by atoms with van der Waals surface area (Å²) < 4.78 is 7.07. The topological polar surface area (TPSA) is 9.23 Å². The van der Waals surface area contributed by atoms with Crippen LogP contribution in [0.15, 0.2) is 36.9 Å². The second-order valence-electron chi connectivity index (χ2n) is 9.71. The van der Waals surface area contributed by atoms with E-state index in [0.29, 0.717) is 11.5 Å². The summed E-state index contributed by atoms with van der Waals surface area (Å²) in [6.45, 7) is 23.5. The van der Waals surface area contributed by atoms with Crippen LogP contribution in [0, 0.1) is 5.92 Å². The molecule has 0 spiro atoms. The summed E-state index contributed by atoms with van der Waals surface area (Å²) in [5.74, 6) is 0.579. The molecule has 0 radical (unpaired) electrons. The highest BCUT2D eigenvalue weighted by atomic mass is 28.4. The first-order chi connectivity index (χ1) is 10.9. The molecule has 0 amide bonds. The van der Waals surface area contributed by atoms with Crippen LogP contribution in [-0.2, 0) is 4.43 Å². The van der Waals surface area contributed by atoms with E-state index >= 15 is 0 Å². The Morgan fingerprint density at radius 1 is 1.00 bits per heavy atom. The van der Waals surface area contributed by atoms with Crippen molar-refractivity contribution in [2.24, 2.45) is 5.92 Å². The molecule has 3 atom stereocenters. The zero-order valence-electron chi connectivity index (χ0n) is 16.9. The maximum atomic E-state index is 7.07. The molecule has 0 saturated carbocycles. The van der Waals surface area contributed by atoms with Gasteiger partial charge < -0.3 is 4.43 Å². The Labute approximate surface area is 150 Å².